The van der Waals surface area contributed by atoms with Crippen molar-refractivity contribution in [2.45, 2.75) is 38.1 Å². The van der Waals surface area contributed by atoms with Gasteiger partial charge in [0.1, 0.15) is 5.75 Å². The van der Waals surface area contributed by atoms with Crippen molar-refractivity contribution in [2.75, 3.05) is 7.11 Å². The summed E-state index contributed by atoms with van der Waals surface area (Å²) in [5.74, 6) is -0.172. The fraction of sp³-hybridized carbons (Fsp3) is 0.368. The second-order valence-electron chi connectivity index (χ2n) is 6.58. The molecule has 148 valence electrons. The first-order valence-corrected chi connectivity index (χ1v) is 9.04. The van der Waals surface area contributed by atoms with E-state index in [0.29, 0.717) is 35.6 Å². The molecule has 1 atom stereocenters. The Morgan fingerprint density at radius 1 is 1.32 bits per heavy atom. The molecule has 1 amide bonds. The van der Waals surface area contributed by atoms with Crippen LogP contribution >= 0.6 is 0 Å². The second-order valence-corrected chi connectivity index (χ2v) is 6.58. The molecule has 9 heteroatoms. The van der Waals surface area contributed by atoms with Gasteiger partial charge < -0.3 is 20.9 Å². The molecular formula is C19H23N5O4. The quantitative estimate of drug-likeness (QED) is 0.631. The molecule has 0 aliphatic heterocycles. The summed E-state index contributed by atoms with van der Waals surface area (Å²) in [7, 11) is 1.33. The highest BCUT2D eigenvalue weighted by Crippen LogP contribution is 2.24. The van der Waals surface area contributed by atoms with Crippen LogP contribution in [0.15, 0.2) is 41.9 Å². The average molecular weight is 385 g/mol. The van der Waals surface area contributed by atoms with Crippen molar-refractivity contribution in [2.24, 2.45) is 5.73 Å². The van der Waals surface area contributed by atoms with E-state index in [4.69, 9.17) is 10.5 Å². The predicted molar refractivity (Wildman–Crippen MR) is 100 cm³/mol. The predicted octanol–water partition coefficient (Wildman–Crippen LogP) is 0.960. The van der Waals surface area contributed by atoms with E-state index in [9.17, 15) is 14.7 Å². The minimum atomic E-state index is -0.815. The summed E-state index contributed by atoms with van der Waals surface area (Å²) in [5, 5.41) is 16.5. The van der Waals surface area contributed by atoms with Gasteiger partial charge >= 0.3 is 5.97 Å². The third-order valence-corrected chi connectivity index (χ3v) is 4.55. The molecule has 9 nitrogen and oxygen atoms in total. The van der Waals surface area contributed by atoms with Crippen LogP contribution in [0.25, 0.3) is 5.82 Å². The fourth-order valence-corrected chi connectivity index (χ4v) is 3.06. The summed E-state index contributed by atoms with van der Waals surface area (Å²) in [6.07, 6.45) is 6.25. The Morgan fingerprint density at radius 2 is 2.11 bits per heavy atom. The monoisotopic (exact) mass is 385 g/mol. The number of nitrogens with one attached hydrogen (secondary N) is 1. The lowest BCUT2D eigenvalue weighted by Crippen LogP contribution is -2.42. The van der Waals surface area contributed by atoms with Gasteiger partial charge in [-0.15, -0.1) is 0 Å². The number of hydrogen-bond acceptors (Lipinski definition) is 7. The standard InChI is InChI=1S/C19H23N5O4/c1-28-19(27)14-4-2-3-5-16(14)22-18(26)15(20)10-12-8-9-24(23-12)17-7-6-13(25)11-21-17/h6-9,11,15,25H,2-5,10,20H2,1H3,(H,22,26). The van der Waals surface area contributed by atoms with Crippen LogP contribution in [0.5, 0.6) is 5.75 Å². The Bertz CT molecular complexity index is 888. The molecule has 0 fully saturated rings. The molecule has 2 aromatic heterocycles. The van der Waals surface area contributed by atoms with Crippen LogP contribution in [0.2, 0.25) is 0 Å². The molecule has 0 bridgehead atoms. The summed E-state index contributed by atoms with van der Waals surface area (Å²) >= 11 is 0. The number of amides is 1. The van der Waals surface area contributed by atoms with Crippen molar-refractivity contribution < 1.29 is 19.4 Å². The number of carbonyl (C=O) groups excluding carboxylic acids is 2. The van der Waals surface area contributed by atoms with E-state index in [1.54, 1.807) is 23.0 Å². The number of nitrogens with zero attached hydrogens (tertiary/aromatic N) is 3. The highest BCUT2D eigenvalue weighted by molar-refractivity contribution is 5.91. The van der Waals surface area contributed by atoms with Gasteiger partial charge in [-0.1, -0.05) is 0 Å². The minimum Gasteiger partial charge on any atom is -0.506 e. The number of aromatic hydroxyl groups is 1. The van der Waals surface area contributed by atoms with Gasteiger partial charge in [0.05, 0.1) is 30.6 Å². The Hall–Kier alpha value is -3.20. The van der Waals surface area contributed by atoms with Crippen molar-refractivity contribution in [3.05, 3.63) is 47.6 Å². The number of ether oxygens (including phenoxy) is 1. The van der Waals surface area contributed by atoms with Gasteiger partial charge in [-0.25, -0.2) is 14.5 Å². The van der Waals surface area contributed by atoms with E-state index < -0.39 is 12.0 Å². The third-order valence-electron chi connectivity index (χ3n) is 4.55. The Labute approximate surface area is 162 Å². The van der Waals surface area contributed by atoms with Gasteiger partial charge in [0, 0.05) is 18.3 Å². The van der Waals surface area contributed by atoms with Crippen molar-refractivity contribution in [3.8, 4) is 11.6 Å². The van der Waals surface area contributed by atoms with Crippen molar-refractivity contribution in [3.63, 3.8) is 0 Å². The molecule has 4 N–H and O–H groups in total. The number of hydrogen-bond donors (Lipinski definition) is 3. The Morgan fingerprint density at radius 3 is 2.82 bits per heavy atom. The van der Waals surface area contributed by atoms with E-state index in [0.717, 1.165) is 12.8 Å². The van der Waals surface area contributed by atoms with Crippen LogP contribution < -0.4 is 11.1 Å². The van der Waals surface area contributed by atoms with Crippen LogP contribution in [0, 0.1) is 0 Å². The van der Waals surface area contributed by atoms with E-state index in [1.807, 2.05) is 0 Å². The summed E-state index contributed by atoms with van der Waals surface area (Å²) in [5.41, 5.74) is 7.77. The lowest BCUT2D eigenvalue weighted by molar-refractivity contribution is -0.136. The zero-order valence-corrected chi connectivity index (χ0v) is 15.6. The SMILES string of the molecule is COC(=O)C1=C(NC(=O)C(N)Cc2ccn(-c3ccc(O)cn3)n2)CCCC1. The largest absolute Gasteiger partial charge is 0.506 e. The number of esters is 1. The number of carbonyl (C=O) groups is 2. The highest BCUT2D eigenvalue weighted by Gasteiger charge is 2.23. The number of aromatic nitrogens is 3. The van der Waals surface area contributed by atoms with Crippen molar-refractivity contribution in [1.82, 2.24) is 20.1 Å². The lowest BCUT2D eigenvalue weighted by atomic mass is 9.96. The summed E-state index contributed by atoms with van der Waals surface area (Å²) in [4.78, 5) is 28.4. The number of allylic oxidation sites excluding steroid dienone is 1. The first-order valence-electron chi connectivity index (χ1n) is 9.04. The van der Waals surface area contributed by atoms with Crippen molar-refractivity contribution in [1.29, 1.82) is 0 Å². The molecule has 2 heterocycles. The van der Waals surface area contributed by atoms with E-state index >= 15 is 0 Å². The van der Waals surface area contributed by atoms with Crippen LogP contribution in [-0.4, -0.2) is 44.9 Å². The highest BCUT2D eigenvalue weighted by atomic mass is 16.5. The fourth-order valence-electron chi connectivity index (χ4n) is 3.06. The van der Waals surface area contributed by atoms with E-state index in [2.05, 4.69) is 15.4 Å². The zero-order chi connectivity index (χ0) is 20.1. The normalized spacial score (nSPS) is 15.2. The van der Waals surface area contributed by atoms with Gasteiger partial charge in [-0.3, -0.25) is 4.79 Å². The average Bonchev–Trinajstić information content (AvgIpc) is 3.16. The smallest absolute Gasteiger partial charge is 0.335 e. The molecule has 0 aromatic carbocycles. The van der Waals surface area contributed by atoms with Gasteiger partial charge in [0.2, 0.25) is 5.91 Å². The van der Waals surface area contributed by atoms with Gasteiger partial charge in [0.15, 0.2) is 5.82 Å². The molecule has 28 heavy (non-hydrogen) atoms. The maximum atomic E-state index is 12.5. The second kappa shape index (κ2) is 8.66. The molecule has 1 aliphatic carbocycles. The van der Waals surface area contributed by atoms with Crippen LogP contribution in [0.1, 0.15) is 31.4 Å². The summed E-state index contributed by atoms with van der Waals surface area (Å²) in [6, 6.07) is 4.08. The molecule has 1 unspecified atom stereocenters. The Balaban J connectivity index is 1.65. The lowest BCUT2D eigenvalue weighted by Gasteiger charge is -2.21. The summed E-state index contributed by atoms with van der Waals surface area (Å²) < 4.78 is 6.34. The topological polar surface area (TPSA) is 132 Å². The van der Waals surface area contributed by atoms with Gasteiger partial charge in [-0.05, 0) is 43.9 Å². The molecule has 2 aromatic rings. The third kappa shape index (κ3) is 4.55. The van der Waals surface area contributed by atoms with Crippen LogP contribution in [0.4, 0.5) is 0 Å². The van der Waals surface area contributed by atoms with E-state index in [-0.39, 0.29) is 18.1 Å². The first-order chi connectivity index (χ1) is 13.5. The molecule has 0 saturated carbocycles. The molecule has 0 saturated heterocycles. The van der Waals surface area contributed by atoms with Crippen LogP contribution in [-0.2, 0) is 20.7 Å². The first kappa shape index (κ1) is 19.6. The van der Waals surface area contributed by atoms with Crippen LogP contribution in [0.3, 0.4) is 0 Å². The van der Waals surface area contributed by atoms with Gasteiger partial charge in [-0.2, -0.15) is 5.10 Å². The summed E-state index contributed by atoms with van der Waals surface area (Å²) in [6.45, 7) is 0. The minimum absolute atomic E-state index is 0.0677. The molecule has 3 rings (SSSR count). The number of nitrogens with two attached hydrogens (primary N) is 1. The van der Waals surface area contributed by atoms with Crippen molar-refractivity contribution >= 4 is 11.9 Å². The Kier molecular flexibility index (Phi) is 6.05. The molecule has 0 radical (unpaired) electrons. The maximum Gasteiger partial charge on any atom is 0.335 e. The molecule has 0 spiro atoms. The number of pyridine rings is 1. The maximum absolute atomic E-state index is 12.5. The molecular weight excluding hydrogens is 362 g/mol. The molecule has 1 aliphatic rings. The number of methoxy groups -OCH3 is 1. The number of rotatable bonds is 6. The van der Waals surface area contributed by atoms with Gasteiger partial charge in [0.25, 0.3) is 0 Å². The zero-order valence-electron chi connectivity index (χ0n) is 15.6. The van der Waals surface area contributed by atoms with E-state index in [1.165, 1.54) is 19.4 Å².